The summed E-state index contributed by atoms with van der Waals surface area (Å²) in [7, 11) is 0. The second kappa shape index (κ2) is 5.44. The predicted molar refractivity (Wildman–Crippen MR) is 56.3 cm³/mol. The van der Waals surface area contributed by atoms with Gasteiger partial charge in [0.15, 0.2) is 0 Å². The maximum Gasteiger partial charge on any atom is 0.239 e. The first-order valence-corrected chi connectivity index (χ1v) is 5.38. The number of rotatable bonds is 3. The highest BCUT2D eigenvalue weighted by Crippen LogP contribution is 2.13. The molecule has 1 aliphatic heterocycles. The van der Waals surface area contributed by atoms with Gasteiger partial charge < -0.3 is 20.5 Å². The summed E-state index contributed by atoms with van der Waals surface area (Å²) in [6.45, 7) is 4.65. The van der Waals surface area contributed by atoms with Crippen LogP contribution in [0.1, 0.15) is 20.3 Å². The summed E-state index contributed by atoms with van der Waals surface area (Å²) in [6.07, 6.45) is 0.362. The highest BCUT2D eigenvalue weighted by Gasteiger charge is 2.31. The lowest BCUT2D eigenvalue weighted by Crippen LogP contribution is -2.56. The van der Waals surface area contributed by atoms with Crippen molar-refractivity contribution in [2.75, 3.05) is 19.8 Å². The summed E-state index contributed by atoms with van der Waals surface area (Å²) >= 11 is 0. The lowest BCUT2D eigenvalue weighted by molar-refractivity contribution is -0.147. The standard InChI is InChI=1S/C10H20N2O3/c1-3-9(11)10(14)12-4-8(5-13)15-6-7(12)2/h7-9,13H,3-6,11H2,1-2H3/t7?,8?,9-/m1/s1. The van der Waals surface area contributed by atoms with E-state index in [0.717, 1.165) is 0 Å². The van der Waals surface area contributed by atoms with Gasteiger partial charge in [0.25, 0.3) is 0 Å². The molecule has 0 aromatic carbocycles. The topological polar surface area (TPSA) is 75.8 Å². The molecule has 1 amide bonds. The van der Waals surface area contributed by atoms with Crippen LogP contribution in [0.15, 0.2) is 0 Å². The summed E-state index contributed by atoms with van der Waals surface area (Å²) in [5.41, 5.74) is 5.70. The van der Waals surface area contributed by atoms with Crippen molar-refractivity contribution in [1.29, 1.82) is 0 Å². The van der Waals surface area contributed by atoms with E-state index in [-0.39, 0.29) is 24.7 Å². The van der Waals surface area contributed by atoms with Gasteiger partial charge in [0.2, 0.25) is 5.91 Å². The molecule has 1 fully saturated rings. The number of hydrogen-bond acceptors (Lipinski definition) is 4. The van der Waals surface area contributed by atoms with E-state index >= 15 is 0 Å². The lowest BCUT2D eigenvalue weighted by Gasteiger charge is -2.38. The number of amides is 1. The lowest BCUT2D eigenvalue weighted by atomic mass is 10.1. The summed E-state index contributed by atoms with van der Waals surface area (Å²) < 4.78 is 5.35. The van der Waals surface area contributed by atoms with Crippen molar-refractivity contribution in [1.82, 2.24) is 4.90 Å². The Kier molecular flexibility index (Phi) is 4.50. The Labute approximate surface area is 90.2 Å². The quantitative estimate of drug-likeness (QED) is 0.656. The number of carbonyl (C=O) groups excluding carboxylic acids is 1. The largest absolute Gasteiger partial charge is 0.394 e. The normalized spacial score (nSPS) is 28.9. The molecule has 3 N–H and O–H groups in total. The zero-order chi connectivity index (χ0) is 11.4. The van der Waals surface area contributed by atoms with Crippen LogP contribution in [0.5, 0.6) is 0 Å². The Morgan fingerprint density at radius 1 is 1.73 bits per heavy atom. The van der Waals surface area contributed by atoms with Crippen LogP contribution in [-0.2, 0) is 9.53 Å². The predicted octanol–water partition coefficient (Wildman–Crippen LogP) is -0.668. The summed E-state index contributed by atoms with van der Waals surface area (Å²) in [5.74, 6) is -0.0493. The number of morpholine rings is 1. The highest BCUT2D eigenvalue weighted by molar-refractivity contribution is 5.82. The Bertz CT molecular complexity index is 223. The first-order chi connectivity index (χ1) is 7.10. The van der Waals surface area contributed by atoms with Crippen molar-refractivity contribution in [2.24, 2.45) is 5.73 Å². The van der Waals surface area contributed by atoms with Crippen molar-refractivity contribution >= 4 is 5.91 Å². The van der Waals surface area contributed by atoms with E-state index in [1.165, 1.54) is 0 Å². The molecule has 1 saturated heterocycles. The van der Waals surface area contributed by atoms with E-state index in [9.17, 15) is 4.79 Å². The SMILES string of the molecule is CC[C@@H](N)C(=O)N1CC(CO)OCC1C. The highest BCUT2D eigenvalue weighted by atomic mass is 16.5. The third kappa shape index (κ3) is 2.90. The number of carbonyl (C=O) groups is 1. The molecule has 0 aromatic rings. The molecule has 1 aliphatic rings. The molecule has 1 heterocycles. The Morgan fingerprint density at radius 2 is 2.40 bits per heavy atom. The fourth-order valence-corrected chi connectivity index (χ4v) is 1.62. The molecule has 5 heteroatoms. The van der Waals surface area contributed by atoms with Crippen LogP contribution >= 0.6 is 0 Å². The van der Waals surface area contributed by atoms with Gasteiger partial charge in [0, 0.05) is 6.54 Å². The van der Waals surface area contributed by atoms with Gasteiger partial charge in [-0.2, -0.15) is 0 Å². The van der Waals surface area contributed by atoms with Gasteiger partial charge in [-0.05, 0) is 13.3 Å². The first kappa shape index (κ1) is 12.4. The van der Waals surface area contributed by atoms with Crippen molar-refractivity contribution in [3.8, 4) is 0 Å². The van der Waals surface area contributed by atoms with Crippen molar-refractivity contribution in [3.63, 3.8) is 0 Å². The number of nitrogens with zero attached hydrogens (tertiary/aromatic N) is 1. The maximum absolute atomic E-state index is 11.9. The molecule has 0 aliphatic carbocycles. The van der Waals surface area contributed by atoms with Gasteiger partial charge in [-0.3, -0.25) is 4.79 Å². The van der Waals surface area contributed by atoms with E-state index in [1.54, 1.807) is 4.90 Å². The minimum atomic E-state index is -0.440. The Morgan fingerprint density at radius 3 is 2.93 bits per heavy atom. The number of ether oxygens (including phenoxy) is 1. The molecular weight excluding hydrogens is 196 g/mol. The molecule has 0 aromatic heterocycles. The van der Waals surface area contributed by atoms with Gasteiger partial charge in [-0.15, -0.1) is 0 Å². The number of hydrogen-bond donors (Lipinski definition) is 2. The second-order valence-electron chi connectivity index (χ2n) is 3.99. The Hall–Kier alpha value is -0.650. The van der Waals surface area contributed by atoms with E-state index in [4.69, 9.17) is 15.6 Å². The molecule has 1 rings (SSSR count). The summed E-state index contributed by atoms with van der Waals surface area (Å²) in [6, 6.07) is -0.400. The minimum Gasteiger partial charge on any atom is -0.394 e. The summed E-state index contributed by atoms with van der Waals surface area (Å²) in [5, 5.41) is 8.98. The maximum atomic E-state index is 11.9. The van der Waals surface area contributed by atoms with Crippen LogP contribution in [-0.4, -0.2) is 53.9 Å². The van der Waals surface area contributed by atoms with E-state index in [2.05, 4.69) is 0 Å². The average molecular weight is 216 g/mol. The molecule has 3 atom stereocenters. The molecule has 15 heavy (non-hydrogen) atoms. The van der Waals surface area contributed by atoms with Crippen LogP contribution in [0.2, 0.25) is 0 Å². The molecule has 2 unspecified atom stereocenters. The van der Waals surface area contributed by atoms with Gasteiger partial charge in [0.1, 0.15) is 0 Å². The minimum absolute atomic E-state index is 0.0397. The van der Waals surface area contributed by atoms with Crippen LogP contribution in [0.25, 0.3) is 0 Å². The third-order valence-corrected chi connectivity index (χ3v) is 2.75. The van der Waals surface area contributed by atoms with Crippen LogP contribution in [0.4, 0.5) is 0 Å². The van der Waals surface area contributed by atoms with Crippen molar-refractivity contribution in [2.45, 2.75) is 38.5 Å². The number of nitrogens with two attached hydrogens (primary N) is 1. The monoisotopic (exact) mass is 216 g/mol. The second-order valence-corrected chi connectivity index (χ2v) is 3.99. The van der Waals surface area contributed by atoms with Gasteiger partial charge in [-0.1, -0.05) is 6.92 Å². The molecule has 5 nitrogen and oxygen atoms in total. The molecular formula is C10H20N2O3. The number of aliphatic hydroxyl groups excluding tert-OH is 1. The molecule has 0 saturated carbocycles. The van der Waals surface area contributed by atoms with Crippen LogP contribution in [0.3, 0.4) is 0 Å². The zero-order valence-corrected chi connectivity index (χ0v) is 9.35. The fraction of sp³-hybridized carbons (Fsp3) is 0.900. The smallest absolute Gasteiger partial charge is 0.239 e. The zero-order valence-electron chi connectivity index (χ0n) is 9.35. The number of aliphatic hydroxyl groups is 1. The average Bonchev–Trinajstić information content (AvgIpc) is 2.27. The third-order valence-electron chi connectivity index (χ3n) is 2.75. The fourth-order valence-electron chi connectivity index (χ4n) is 1.62. The van der Waals surface area contributed by atoms with Gasteiger partial charge in [-0.25, -0.2) is 0 Å². The first-order valence-electron chi connectivity index (χ1n) is 5.38. The van der Waals surface area contributed by atoms with Crippen molar-refractivity contribution < 1.29 is 14.6 Å². The van der Waals surface area contributed by atoms with Crippen LogP contribution < -0.4 is 5.73 Å². The van der Waals surface area contributed by atoms with E-state index < -0.39 is 6.04 Å². The van der Waals surface area contributed by atoms with E-state index in [1.807, 2.05) is 13.8 Å². The molecule has 0 bridgehead atoms. The van der Waals surface area contributed by atoms with Crippen LogP contribution in [0, 0.1) is 0 Å². The van der Waals surface area contributed by atoms with Gasteiger partial charge >= 0.3 is 0 Å². The summed E-state index contributed by atoms with van der Waals surface area (Å²) in [4.78, 5) is 13.6. The molecule has 0 spiro atoms. The molecule has 0 radical (unpaired) electrons. The molecule has 88 valence electrons. The van der Waals surface area contributed by atoms with E-state index in [0.29, 0.717) is 19.6 Å². The van der Waals surface area contributed by atoms with Gasteiger partial charge in [0.05, 0.1) is 31.4 Å². The Balaban J connectivity index is 2.61. The van der Waals surface area contributed by atoms with Crippen molar-refractivity contribution in [3.05, 3.63) is 0 Å².